The van der Waals surface area contributed by atoms with Crippen LogP contribution in [0.4, 0.5) is 30.5 Å². The molecule has 21 heavy (non-hydrogen) atoms. The lowest BCUT2D eigenvalue weighted by Gasteiger charge is -2.09. The monoisotopic (exact) mass is 324 g/mol. The summed E-state index contributed by atoms with van der Waals surface area (Å²) < 4.78 is 35.9. The topological polar surface area (TPSA) is 80.1 Å². The van der Waals surface area contributed by atoms with Crippen LogP contribution >= 0.6 is 11.8 Å². The standard InChI is InChI=1S/C11H15F3N4O2S/c1-2-3-15-9-6-8(18(19)20)7-10(17-9)16-4-5-21-11(12,13)14/h6-7H,2-5H2,1H3,(H2,15,16,17). The molecule has 0 fully saturated rings. The number of hydrogen-bond acceptors (Lipinski definition) is 6. The predicted octanol–water partition coefficient (Wildman–Crippen LogP) is 3.48. The average molecular weight is 324 g/mol. The minimum Gasteiger partial charge on any atom is -0.370 e. The van der Waals surface area contributed by atoms with E-state index in [1.54, 1.807) is 0 Å². The number of nitro groups is 1. The Labute approximate surface area is 123 Å². The maximum absolute atomic E-state index is 12.0. The Bertz CT molecular complexity index is 485. The molecule has 1 aromatic rings. The molecule has 0 saturated heterocycles. The third kappa shape index (κ3) is 7.02. The molecule has 0 saturated carbocycles. The minimum absolute atomic E-state index is 0.00552. The van der Waals surface area contributed by atoms with Gasteiger partial charge in [0, 0.05) is 18.8 Å². The summed E-state index contributed by atoms with van der Waals surface area (Å²) in [5, 5.41) is 16.4. The summed E-state index contributed by atoms with van der Waals surface area (Å²) in [6.07, 6.45) is 0.815. The molecule has 0 aliphatic rings. The van der Waals surface area contributed by atoms with Gasteiger partial charge in [-0.15, -0.1) is 0 Å². The SMILES string of the molecule is CCCNc1cc([N+](=O)[O-])cc(NCCSC(F)(F)F)n1. The normalized spacial score (nSPS) is 11.2. The van der Waals surface area contributed by atoms with Gasteiger partial charge in [0.1, 0.15) is 11.6 Å². The summed E-state index contributed by atoms with van der Waals surface area (Å²) >= 11 is -0.158. The molecule has 118 valence electrons. The van der Waals surface area contributed by atoms with Crippen molar-refractivity contribution in [2.24, 2.45) is 0 Å². The van der Waals surface area contributed by atoms with Gasteiger partial charge in [0.2, 0.25) is 0 Å². The number of alkyl halides is 3. The zero-order valence-electron chi connectivity index (χ0n) is 11.2. The Kier molecular flexibility index (Phi) is 6.53. The molecular formula is C11H15F3N4O2S. The molecule has 0 unspecified atom stereocenters. The van der Waals surface area contributed by atoms with E-state index in [-0.39, 0.29) is 35.6 Å². The zero-order valence-corrected chi connectivity index (χ0v) is 12.1. The molecule has 0 radical (unpaired) electrons. The highest BCUT2D eigenvalue weighted by atomic mass is 32.2. The van der Waals surface area contributed by atoms with Crippen molar-refractivity contribution >= 4 is 29.1 Å². The number of nitrogens with zero attached hydrogens (tertiary/aromatic N) is 2. The first-order valence-corrected chi connectivity index (χ1v) is 7.15. The highest BCUT2D eigenvalue weighted by molar-refractivity contribution is 8.00. The van der Waals surface area contributed by atoms with E-state index in [1.165, 1.54) is 12.1 Å². The van der Waals surface area contributed by atoms with Crippen molar-refractivity contribution < 1.29 is 18.1 Å². The second-order valence-corrected chi connectivity index (χ2v) is 5.16. The largest absolute Gasteiger partial charge is 0.441 e. The molecule has 6 nitrogen and oxygen atoms in total. The van der Waals surface area contributed by atoms with E-state index in [9.17, 15) is 23.3 Å². The van der Waals surface area contributed by atoms with Crippen LogP contribution in [-0.4, -0.2) is 34.3 Å². The number of thioether (sulfide) groups is 1. The Morgan fingerprint density at radius 1 is 1.29 bits per heavy atom. The second kappa shape index (κ2) is 7.91. The molecule has 0 aliphatic heterocycles. The van der Waals surface area contributed by atoms with Gasteiger partial charge in [0.05, 0.1) is 17.1 Å². The van der Waals surface area contributed by atoms with Crippen LogP contribution < -0.4 is 10.6 Å². The van der Waals surface area contributed by atoms with E-state index >= 15 is 0 Å². The molecule has 0 aliphatic carbocycles. The van der Waals surface area contributed by atoms with Gasteiger partial charge < -0.3 is 10.6 Å². The lowest BCUT2D eigenvalue weighted by atomic mass is 10.3. The lowest BCUT2D eigenvalue weighted by molar-refractivity contribution is -0.384. The third-order valence-electron chi connectivity index (χ3n) is 2.25. The molecule has 10 heteroatoms. The Morgan fingerprint density at radius 2 is 1.86 bits per heavy atom. The van der Waals surface area contributed by atoms with Crippen LogP contribution in [0.3, 0.4) is 0 Å². The number of pyridine rings is 1. The summed E-state index contributed by atoms with van der Waals surface area (Å²) in [5.74, 6) is 0.286. The summed E-state index contributed by atoms with van der Waals surface area (Å²) in [7, 11) is 0. The number of aromatic nitrogens is 1. The van der Waals surface area contributed by atoms with E-state index < -0.39 is 10.4 Å². The number of anilines is 2. The molecule has 0 amide bonds. The van der Waals surface area contributed by atoms with Crippen LogP contribution in [0.1, 0.15) is 13.3 Å². The second-order valence-electron chi connectivity index (χ2n) is 4.00. The van der Waals surface area contributed by atoms with Gasteiger partial charge in [-0.1, -0.05) is 6.92 Å². The molecule has 1 heterocycles. The van der Waals surface area contributed by atoms with E-state index in [0.717, 1.165) is 6.42 Å². The van der Waals surface area contributed by atoms with Gasteiger partial charge in [0.25, 0.3) is 5.69 Å². The van der Waals surface area contributed by atoms with E-state index in [1.807, 2.05) is 6.92 Å². The van der Waals surface area contributed by atoms with E-state index in [2.05, 4.69) is 15.6 Å². The van der Waals surface area contributed by atoms with Crippen LogP contribution in [0.2, 0.25) is 0 Å². The smallest absolute Gasteiger partial charge is 0.370 e. The van der Waals surface area contributed by atoms with Crippen LogP contribution in [0.5, 0.6) is 0 Å². The van der Waals surface area contributed by atoms with Crippen molar-refractivity contribution in [2.75, 3.05) is 29.5 Å². The maximum Gasteiger partial charge on any atom is 0.441 e. The number of halogens is 3. The fourth-order valence-electron chi connectivity index (χ4n) is 1.40. The summed E-state index contributed by atoms with van der Waals surface area (Å²) in [4.78, 5) is 14.3. The highest BCUT2D eigenvalue weighted by Gasteiger charge is 2.27. The summed E-state index contributed by atoms with van der Waals surface area (Å²) in [6.45, 7) is 2.53. The van der Waals surface area contributed by atoms with Gasteiger partial charge in [0.15, 0.2) is 0 Å². The van der Waals surface area contributed by atoms with Crippen molar-refractivity contribution in [1.82, 2.24) is 4.98 Å². The molecule has 0 aromatic carbocycles. The van der Waals surface area contributed by atoms with Crippen molar-refractivity contribution in [3.63, 3.8) is 0 Å². The van der Waals surface area contributed by atoms with Gasteiger partial charge in [-0.25, -0.2) is 4.98 Å². The highest BCUT2D eigenvalue weighted by Crippen LogP contribution is 2.29. The molecule has 1 aromatic heterocycles. The minimum atomic E-state index is -4.29. The number of nitrogens with one attached hydrogen (secondary N) is 2. The van der Waals surface area contributed by atoms with Crippen LogP contribution in [0, 0.1) is 10.1 Å². The number of rotatable bonds is 8. The Morgan fingerprint density at radius 3 is 2.33 bits per heavy atom. The van der Waals surface area contributed by atoms with E-state index in [4.69, 9.17) is 0 Å². The number of hydrogen-bond donors (Lipinski definition) is 2. The van der Waals surface area contributed by atoms with Crippen molar-refractivity contribution in [3.8, 4) is 0 Å². The van der Waals surface area contributed by atoms with Crippen molar-refractivity contribution in [3.05, 3.63) is 22.2 Å². The average Bonchev–Trinajstić information content (AvgIpc) is 2.40. The van der Waals surface area contributed by atoms with Gasteiger partial charge in [-0.2, -0.15) is 13.2 Å². The Balaban J connectivity index is 2.67. The quantitative estimate of drug-likeness (QED) is 0.433. The summed E-state index contributed by atoms with van der Waals surface area (Å²) in [5.41, 5.74) is -4.46. The first-order valence-electron chi connectivity index (χ1n) is 6.16. The van der Waals surface area contributed by atoms with Gasteiger partial charge in [-0.05, 0) is 18.2 Å². The first-order chi connectivity index (χ1) is 9.81. The van der Waals surface area contributed by atoms with Gasteiger partial charge >= 0.3 is 5.51 Å². The molecule has 0 bridgehead atoms. The third-order valence-corrected chi connectivity index (χ3v) is 2.99. The van der Waals surface area contributed by atoms with Crippen molar-refractivity contribution in [1.29, 1.82) is 0 Å². The first kappa shape index (κ1) is 17.3. The fourth-order valence-corrected chi connectivity index (χ4v) is 1.84. The summed E-state index contributed by atoms with van der Waals surface area (Å²) in [6, 6.07) is 2.47. The van der Waals surface area contributed by atoms with Crippen LogP contribution in [0.15, 0.2) is 12.1 Å². The van der Waals surface area contributed by atoms with Crippen LogP contribution in [-0.2, 0) is 0 Å². The zero-order chi connectivity index (χ0) is 15.9. The van der Waals surface area contributed by atoms with Crippen molar-refractivity contribution in [2.45, 2.75) is 18.9 Å². The molecule has 2 N–H and O–H groups in total. The van der Waals surface area contributed by atoms with E-state index in [0.29, 0.717) is 12.4 Å². The Hall–Kier alpha value is -1.71. The molecule has 0 spiro atoms. The molecular weight excluding hydrogens is 309 g/mol. The fraction of sp³-hybridized carbons (Fsp3) is 0.545. The molecule has 1 rings (SSSR count). The lowest BCUT2D eigenvalue weighted by Crippen LogP contribution is -2.11. The van der Waals surface area contributed by atoms with Crippen LogP contribution in [0.25, 0.3) is 0 Å². The van der Waals surface area contributed by atoms with Gasteiger partial charge in [-0.3, -0.25) is 10.1 Å². The predicted molar refractivity (Wildman–Crippen MR) is 76.7 cm³/mol. The molecule has 0 atom stereocenters. The maximum atomic E-state index is 12.0.